The molecule has 0 fully saturated rings. The smallest absolute Gasteiger partial charge is 0.338 e. The first-order valence-electron chi connectivity index (χ1n) is 11.3. The fourth-order valence-electron chi connectivity index (χ4n) is 4.02. The SMILES string of the molecule is CCOC(=O)C1=C(C)N=c2s/c(=C\c3ccc(OC)cc3)c(=O)n2[C@H]1c1ccc(C(C)C)cc1. The van der Waals surface area contributed by atoms with Crippen molar-refractivity contribution in [2.24, 2.45) is 4.99 Å². The van der Waals surface area contributed by atoms with Crippen molar-refractivity contribution >= 4 is 23.4 Å². The summed E-state index contributed by atoms with van der Waals surface area (Å²) in [6, 6.07) is 15.0. The number of benzene rings is 2. The zero-order chi connectivity index (χ0) is 24.4. The fourth-order valence-corrected chi connectivity index (χ4v) is 5.07. The molecular weight excluding hydrogens is 448 g/mol. The van der Waals surface area contributed by atoms with Gasteiger partial charge in [0.2, 0.25) is 0 Å². The van der Waals surface area contributed by atoms with Gasteiger partial charge < -0.3 is 9.47 Å². The molecule has 1 aromatic heterocycles. The van der Waals surface area contributed by atoms with Crippen LogP contribution in [-0.4, -0.2) is 24.3 Å². The third-order valence-corrected chi connectivity index (χ3v) is 6.83. The van der Waals surface area contributed by atoms with Crippen LogP contribution >= 0.6 is 11.3 Å². The van der Waals surface area contributed by atoms with Crippen LogP contribution < -0.4 is 19.6 Å². The molecule has 6 nitrogen and oxygen atoms in total. The van der Waals surface area contributed by atoms with Crippen molar-refractivity contribution in [2.45, 2.75) is 39.7 Å². The Morgan fingerprint density at radius 1 is 1.15 bits per heavy atom. The molecule has 176 valence electrons. The number of nitrogens with zero attached hydrogens (tertiary/aromatic N) is 2. The summed E-state index contributed by atoms with van der Waals surface area (Å²) in [6.07, 6.45) is 1.84. The average Bonchev–Trinajstić information content (AvgIpc) is 3.13. The number of carbonyl (C=O) groups excluding carboxylic acids is 1. The summed E-state index contributed by atoms with van der Waals surface area (Å²) in [5, 5.41) is 0. The van der Waals surface area contributed by atoms with Crippen molar-refractivity contribution in [3.05, 3.63) is 96.2 Å². The lowest BCUT2D eigenvalue weighted by Gasteiger charge is -2.25. The molecule has 7 heteroatoms. The predicted molar refractivity (Wildman–Crippen MR) is 134 cm³/mol. The number of thiazole rings is 1. The Hall–Kier alpha value is -3.45. The van der Waals surface area contributed by atoms with Gasteiger partial charge in [-0.15, -0.1) is 0 Å². The van der Waals surface area contributed by atoms with Crippen LogP contribution in [0.5, 0.6) is 5.75 Å². The molecule has 2 heterocycles. The Balaban J connectivity index is 1.90. The number of aromatic nitrogens is 1. The number of carbonyl (C=O) groups is 1. The molecule has 0 saturated heterocycles. The van der Waals surface area contributed by atoms with Gasteiger partial charge in [0.25, 0.3) is 5.56 Å². The van der Waals surface area contributed by atoms with Crippen LogP contribution in [0.4, 0.5) is 0 Å². The van der Waals surface area contributed by atoms with E-state index in [0.29, 0.717) is 26.5 Å². The standard InChI is InChI=1S/C27H28N2O4S/c1-6-33-26(31)23-17(4)28-27-29(24(23)20-11-9-19(10-12-20)16(2)3)25(30)22(34-27)15-18-7-13-21(32-5)14-8-18/h7-16,24H,6H2,1-5H3/b22-15-/t24-/m0/s1. The predicted octanol–water partition coefficient (Wildman–Crippen LogP) is 3.93. The molecule has 0 aliphatic carbocycles. The second kappa shape index (κ2) is 9.81. The molecule has 3 aromatic rings. The molecule has 0 unspecified atom stereocenters. The first kappa shape index (κ1) is 23.7. The quantitative estimate of drug-likeness (QED) is 0.506. The van der Waals surface area contributed by atoms with Crippen molar-refractivity contribution in [3.63, 3.8) is 0 Å². The van der Waals surface area contributed by atoms with Gasteiger partial charge in [0, 0.05) is 0 Å². The lowest BCUT2D eigenvalue weighted by molar-refractivity contribution is -0.139. The van der Waals surface area contributed by atoms with Gasteiger partial charge in [-0.05, 0) is 54.7 Å². The summed E-state index contributed by atoms with van der Waals surface area (Å²) in [5.41, 5.74) is 3.68. The van der Waals surface area contributed by atoms with Crippen LogP contribution in [0.25, 0.3) is 6.08 Å². The Morgan fingerprint density at radius 3 is 2.41 bits per heavy atom. The van der Waals surface area contributed by atoms with Crippen LogP contribution in [0, 0.1) is 0 Å². The summed E-state index contributed by atoms with van der Waals surface area (Å²) < 4.78 is 12.7. The number of allylic oxidation sites excluding steroid dienone is 1. The highest BCUT2D eigenvalue weighted by atomic mass is 32.1. The molecule has 2 aromatic carbocycles. The lowest BCUT2D eigenvalue weighted by Crippen LogP contribution is -2.39. The van der Waals surface area contributed by atoms with Crippen LogP contribution in [0.2, 0.25) is 0 Å². The van der Waals surface area contributed by atoms with Crippen LogP contribution in [-0.2, 0) is 9.53 Å². The molecular formula is C27H28N2O4S. The number of hydrogen-bond donors (Lipinski definition) is 0. The Morgan fingerprint density at radius 2 is 1.82 bits per heavy atom. The van der Waals surface area contributed by atoms with Gasteiger partial charge in [-0.25, -0.2) is 9.79 Å². The van der Waals surface area contributed by atoms with Gasteiger partial charge in [-0.1, -0.05) is 61.6 Å². The van der Waals surface area contributed by atoms with Crippen LogP contribution in [0.15, 0.2) is 69.6 Å². The molecule has 1 aliphatic rings. The number of fused-ring (bicyclic) bond motifs is 1. The Kier molecular flexibility index (Phi) is 6.84. The zero-order valence-electron chi connectivity index (χ0n) is 20.0. The first-order valence-corrected chi connectivity index (χ1v) is 12.1. The van der Waals surface area contributed by atoms with E-state index in [1.54, 1.807) is 25.5 Å². The molecule has 0 spiro atoms. The highest BCUT2D eigenvalue weighted by molar-refractivity contribution is 7.07. The lowest BCUT2D eigenvalue weighted by atomic mass is 9.93. The highest BCUT2D eigenvalue weighted by Gasteiger charge is 2.33. The largest absolute Gasteiger partial charge is 0.497 e. The maximum Gasteiger partial charge on any atom is 0.338 e. The number of ether oxygens (including phenoxy) is 2. The third kappa shape index (κ3) is 4.48. The molecule has 0 saturated carbocycles. The van der Waals surface area contributed by atoms with Gasteiger partial charge in [-0.3, -0.25) is 9.36 Å². The molecule has 0 amide bonds. The zero-order valence-corrected chi connectivity index (χ0v) is 20.8. The number of esters is 1. The Bertz CT molecular complexity index is 1410. The number of hydrogen-bond acceptors (Lipinski definition) is 6. The third-order valence-electron chi connectivity index (χ3n) is 5.85. The van der Waals surface area contributed by atoms with E-state index in [9.17, 15) is 9.59 Å². The van der Waals surface area contributed by atoms with Crippen molar-refractivity contribution in [3.8, 4) is 5.75 Å². The monoisotopic (exact) mass is 476 g/mol. The fraction of sp³-hybridized carbons (Fsp3) is 0.296. The van der Waals surface area contributed by atoms with Gasteiger partial charge in [0.15, 0.2) is 4.80 Å². The van der Waals surface area contributed by atoms with E-state index in [0.717, 1.165) is 16.9 Å². The van der Waals surface area contributed by atoms with Crippen molar-refractivity contribution in [2.75, 3.05) is 13.7 Å². The van der Waals surface area contributed by atoms with E-state index in [1.165, 1.54) is 16.9 Å². The molecule has 0 N–H and O–H groups in total. The van der Waals surface area contributed by atoms with E-state index in [-0.39, 0.29) is 12.2 Å². The molecule has 0 bridgehead atoms. The molecule has 1 aliphatic heterocycles. The van der Waals surface area contributed by atoms with E-state index >= 15 is 0 Å². The van der Waals surface area contributed by atoms with Crippen molar-refractivity contribution in [1.29, 1.82) is 0 Å². The molecule has 1 atom stereocenters. The highest BCUT2D eigenvalue weighted by Crippen LogP contribution is 2.31. The molecule has 34 heavy (non-hydrogen) atoms. The van der Waals surface area contributed by atoms with Gasteiger partial charge in [0.05, 0.1) is 35.6 Å². The van der Waals surface area contributed by atoms with Gasteiger partial charge in [0.1, 0.15) is 5.75 Å². The minimum absolute atomic E-state index is 0.188. The second-order valence-corrected chi connectivity index (χ2v) is 9.41. The maximum atomic E-state index is 13.6. The number of rotatable bonds is 6. The van der Waals surface area contributed by atoms with E-state index in [1.807, 2.05) is 54.6 Å². The van der Waals surface area contributed by atoms with Crippen molar-refractivity contribution in [1.82, 2.24) is 4.57 Å². The summed E-state index contributed by atoms with van der Waals surface area (Å²) in [5.74, 6) is 0.673. The summed E-state index contributed by atoms with van der Waals surface area (Å²) >= 11 is 1.31. The minimum Gasteiger partial charge on any atom is -0.497 e. The number of methoxy groups -OCH3 is 1. The second-order valence-electron chi connectivity index (χ2n) is 8.40. The minimum atomic E-state index is -0.602. The summed E-state index contributed by atoms with van der Waals surface area (Å²) in [7, 11) is 1.62. The van der Waals surface area contributed by atoms with Gasteiger partial charge >= 0.3 is 5.97 Å². The maximum absolute atomic E-state index is 13.6. The topological polar surface area (TPSA) is 69.9 Å². The molecule has 4 rings (SSSR count). The van der Waals surface area contributed by atoms with E-state index in [2.05, 4.69) is 18.8 Å². The Labute approximate surface area is 202 Å². The van der Waals surface area contributed by atoms with Gasteiger partial charge in [-0.2, -0.15) is 0 Å². The summed E-state index contributed by atoms with van der Waals surface area (Å²) in [6.45, 7) is 8.07. The first-order chi connectivity index (χ1) is 16.3. The molecule has 0 radical (unpaired) electrons. The average molecular weight is 477 g/mol. The van der Waals surface area contributed by atoms with E-state index < -0.39 is 12.0 Å². The normalized spacial score (nSPS) is 15.8. The van der Waals surface area contributed by atoms with E-state index in [4.69, 9.17) is 9.47 Å². The van der Waals surface area contributed by atoms with Crippen LogP contribution in [0.3, 0.4) is 0 Å². The summed E-state index contributed by atoms with van der Waals surface area (Å²) in [4.78, 5) is 31.8. The van der Waals surface area contributed by atoms with Crippen molar-refractivity contribution < 1.29 is 14.3 Å². The van der Waals surface area contributed by atoms with Crippen LogP contribution in [0.1, 0.15) is 56.3 Å².